The van der Waals surface area contributed by atoms with Crippen LogP contribution in [0.4, 0.5) is 0 Å². The maximum absolute atomic E-state index is 11.4. The van der Waals surface area contributed by atoms with Gasteiger partial charge in [0.15, 0.2) is 5.78 Å². The highest BCUT2D eigenvalue weighted by atomic mass is 16.1. The van der Waals surface area contributed by atoms with Gasteiger partial charge < -0.3 is 4.48 Å². The number of carbonyl (C=O) groups is 1. The Bertz CT molecular complexity index is 236. The van der Waals surface area contributed by atoms with E-state index in [-0.39, 0.29) is 0 Å². The van der Waals surface area contributed by atoms with E-state index >= 15 is 0 Å². The minimum atomic E-state index is 0.466. The molecule has 2 saturated heterocycles. The van der Waals surface area contributed by atoms with Crippen LogP contribution in [0.3, 0.4) is 0 Å². The molecule has 72 valence electrons. The molecule has 2 nitrogen and oxygen atoms in total. The molecule has 2 aliphatic heterocycles. The Hall–Kier alpha value is -0.630. The molecule has 2 rings (SSSR count). The Morgan fingerprint density at radius 1 is 1.54 bits per heavy atom. The summed E-state index contributed by atoms with van der Waals surface area (Å²) in [5, 5.41) is 0. The first-order valence-corrected chi connectivity index (χ1v) is 5.25. The Labute approximate surface area is 79.8 Å². The lowest BCUT2D eigenvalue weighted by Gasteiger charge is -2.41. The molecule has 0 aromatic carbocycles. The van der Waals surface area contributed by atoms with E-state index in [2.05, 4.69) is 6.58 Å². The second-order valence-electron chi connectivity index (χ2n) is 4.46. The molecule has 0 bridgehead atoms. The Kier molecular flexibility index (Phi) is 2.24. The number of hydrogen-bond donors (Lipinski definition) is 0. The van der Waals surface area contributed by atoms with Gasteiger partial charge in [0.05, 0.1) is 25.6 Å². The number of quaternary nitrogens is 1. The summed E-state index contributed by atoms with van der Waals surface area (Å²) in [5.41, 5.74) is 0. The highest BCUT2D eigenvalue weighted by Crippen LogP contribution is 2.33. The van der Waals surface area contributed by atoms with Crippen LogP contribution in [0.25, 0.3) is 0 Å². The lowest BCUT2D eigenvalue weighted by molar-refractivity contribution is -0.935. The van der Waals surface area contributed by atoms with Crippen molar-refractivity contribution in [1.29, 1.82) is 0 Å². The summed E-state index contributed by atoms with van der Waals surface area (Å²) in [4.78, 5) is 11.4. The zero-order valence-electron chi connectivity index (χ0n) is 8.17. The SMILES string of the molecule is C=CC[N@+]12CCCC[C@H]1CC(=O)C2. The molecule has 0 saturated carbocycles. The standard InChI is InChI=1S/C11H18NO/c1-2-6-12-7-4-3-5-10(12)8-11(13)9-12/h2,10H,1,3-9H2/q+1/t10-,12+/m0/s1. The topological polar surface area (TPSA) is 17.1 Å². The van der Waals surface area contributed by atoms with Crippen LogP contribution in [0.15, 0.2) is 12.7 Å². The summed E-state index contributed by atoms with van der Waals surface area (Å²) >= 11 is 0. The predicted molar refractivity (Wildman–Crippen MR) is 52.3 cm³/mol. The smallest absolute Gasteiger partial charge is 0.192 e. The van der Waals surface area contributed by atoms with Gasteiger partial charge in [0, 0.05) is 6.42 Å². The van der Waals surface area contributed by atoms with E-state index in [1.54, 1.807) is 0 Å². The second-order valence-corrected chi connectivity index (χ2v) is 4.46. The maximum Gasteiger partial charge on any atom is 0.192 e. The molecule has 2 aliphatic rings. The van der Waals surface area contributed by atoms with Crippen LogP contribution < -0.4 is 0 Å². The number of nitrogens with zero attached hydrogens (tertiary/aromatic N) is 1. The lowest BCUT2D eigenvalue weighted by atomic mass is 10.00. The maximum atomic E-state index is 11.4. The van der Waals surface area contributed by atoms with Gasteiger partial charge in [-0.2, -0.15) is 0 Å². The highest BCUT2D eigenvalue weighted by molar-refractivity contribution is 5.81. The molecule has 0 aliphatic carbocycles. The minimum absolute atomic E-state index is 0.466. The van der Waals surface area contributed by atoms with Gasteiger partial charge in [-0.1, -0.05) is 6.58 Å². The number of rotatable bonds is 2. The molecule has 0 amide bonds. The lowest BCUT2D eigenvalue weighted by Crippen LogP contribution is -2.54. The van der Waals surface area contributed by atoms with Crippen molar-refractivity contribution in [2.24, 2.45) is 0 Å². The zero-order valence-corrected chi connectivity index (χ0v) is 8.17. The van der Waals surface area contributed by atoms with Crippen molar-refractivity contribution in [2.75, 3.05) is 19.6 Å². The first-order valence-electron chi connectivity index (χ1n) is 5.25. The average molecular weight is 180 g/mol. The van der Waals surface area contributed by atoms with Gasteiger partial charge in [0.25, 0.3) is 0 Å². The van der Waals surface area contributed by atoms with Crippen LogP contribution in [-0.2, 0) is 4.79 Å². The van der Waals surface area contributed by atoms with E-state index in [4.69, 9.17) is 0 Å². The van der Waals surface area contributed by atoms with Crippen molar-refractivity contribution in [1.82, 2.24) is 0 Å². The number of fused-ring (bicyclic) bond motifs is 1. The number of Topliss-reactive ketones (excluding diaryl/α,β-unsaturated/α-hetero) is 1. The molecule has 0 unspecified atom stereocenters. The Morgan fingerprint density at radius 3 is 3.15 bits per heavy atom. The fourth-order valence-corrected chi connectivity index (χ4v) is 3.01. The first-order chi connectivity index (χ1) is 6.27. The quantitative estimate of drug-likeness (QED) is 0.465. The molecule has 13 heavy (non-hydrogen) atoms. The van der Waals surface area contributed by atoms with E-state index in [1.807, 2.05) is 6.08 Å². The highest BCUT2D eigenvalue weighted by Gasteiger charge is 2.46. The molecule has 0 N–H and O–H groups in total. The van der Waals surface area contributed by atoms with Gasteiger partial charge >= 0.3 is 0 Å². The fourth-order valence-electron chi connectivity index (χ4n) is 3.01. The molecule has 0 radical (unpaired) electrons. The van der Waals surface area contributed by atoms with Crippen molar-refractivity contribution < 1.29 is 9.28 Å². The minimum Gasteiger partial charge on any atom is -0.311 e. The molecule has 2 fully saturated rings. The Morgan fingerprint density at radius 2 is 2.38 bits per heavy atom. The van der Waals surface area contributed by atoms with Crippen LogP contribution in [0.5, 0.6) is 0 Å². The monoisotopic (exact) mass is 180 g/mol. The van der Waals surface area contributed by atoms with Crippen LogP contribution >= 0.6 is 0 Å². The van der Waals surface area contributed by atoms with E-state index in [1.165, 1.54) is 25.8 Å². The van der Waals surface area contributed by atoms with E-state index in [0.29, 0.717) is 11.8 Å². The van der Waals surface area contributed by atoms with Crippen molar-refractivity contribution in [3.63, 3.8) is 0 Å². The second kappa shape index (κ2) is 3.26. The van der Waals surface area contributed by atoms with Gasteiger partial charge in [0.1, 0.15) is 6.54 Å². The van der Waals surface area contributed by atoms with Crippen molar-refractivity contribution in [3.8, 4) is 0 Å². The van der Waals surface area contributed by atoms with Gasteiger partial charge in [-0.05, 0) is 18.9 Å². The third-order valence-electron chi connectivity index (χ3n) is 3.61. The predicted octanol–water partition coefficient (Wildman–Crippen LogP) is 1.51. The third-order valence-corrected chi connectivity index (χ3v) is 3.61. The van der Waals surface area contributed by atoms with E-state index in [9.17, 15) is 4.79 Å². The van der Waals surface area contributed by atoms with E-state index < -0.39 is 0 Å². The van der Waals surface area contributed by atoms with Crippen molar-refractivity contribution >= 4 is 5.78 Å². The van der Waals surface area contributed by atoms with Crippen LogP contribution in [0, 0.1) is 0 Å². The van der Waals surface area contributed by atoms with E-state index in [0.717, 1.165) is 24.0 Å². The van der Waals surface area contributed by atoms with Crippen LogP contribution in [0.2, 0.25) is 0 Å². The average Bonchev–Trinajstić information content (AvgIpc) is 2.41. The van der Waals surface area contributed by atoms with Gasteiger partial charge in [-0.15, -0.1) is 0 Å². The number of ketones is 1. The summed E-state index contributed by atoms with van der Waals surface area (Å²) < 4.78 is 1.03. The third kappa shape index (κ3) is 1.44. The first kappa shape index (κ1) is 8.95. The molecule has 2 atom stereocenters. The Balaban J connectivity index is 2.18. The molecule has 0 spiro atoms. The molecular formula is C11H18NO+. The zero-order chi connectivity index (χ0) is 9.31. The summed E-state index contributed by atoms with van der Waals surface area (Å²) in [6, 6.07) is 0.624. The molecule has 2 heterocycles. The number of piperidine rings is 1. The van der Waals surface area contributed by atoms with Crippen molar-refractivity contribution in [2.45, 2.75) is 31.7 Å². The number of hydrogen-bond acceptors (Lipinski definition) is 1. The van der Waals surface area contributed by atoms with Crippen LogP contribution in [0.1, 0.15) is 25.7 Å². The molecule has 0 aromatic rings. The molecular weight excluding hydrogens is 162 g/mol. The molecule has 0 aromatic heterocycles. The largest absolute Gasteiger partial charge is 0.311 e. The summed E-state index contributed by atoms with van der Waals surface area (Å²) in [7, 11) is 0. The van der Waals surface area contributed by atoms with Crippen LogP contribution in [-0.4, -0.2) is 35.9 Å². The normalized spacial score (nSPS) is 38.8. The molecule has 2 heteroatoms. The fraction of sp³-hybridized carbons (Fsp3) is 0.727. The summed E-state index contributed by atoms with van der Waals surface area (Å²) in [6.07, 6.45) is 6.66. The van der Waals surface area contributed by atoms with Gasteiger partial charge in [-0.3, -0.25) is 4.79 Å². The summed E-state index contributed by atoms with van der Waals surface area (Å²) in [5.74, 6) is 0.466. The van der Waals surface area contributed by atoms with Gasteiger partial charge in [-0.25, -0.2) is 0 Å². The summed E-state index contributed by atoms with van der Waals surface area (Å²) in [6.45, 7) is 6.78. The van der Waals surface area contributed by atoms with Crippen molar-refractivity contribution in [3.05, 3.63) is 12.7 Å². The number of carbonyl (C=O) groups excluding carboxylic acids is 1. The van der Waals surface area contributed by atoms with Gasteiger partial charge in [0.2, 0.25) is 0 Å².